The molecule has 3 aliphatic rings. The molecule has 4 heteroatoms. The first-order chi connectivity index (χ1) is 21.8. The summed E-state index contributed by atoms with van der Waals surface area (Å²) in [5.74, 6) is 1.71. The fraction of sp³-hybridized carbons (Fsp3) is 0.268. The molecule has 0 radical (unpaired) electrons. The Hall–Kier alpha value is -4.70. The maximum absolute atomic E-state index is 6.92. The Kier molecular flexibility index (Phi) is 7.12. The molecule has 2 atom stereocenters. The van der Waals surface area contributed by atoms with Crippen LogP contribution in [0.15, 0.2) is 132 Å². The highest BCUT2D eigenvalue weighted by atomic mass is 16.5. The summed E-state index contributed by atoms with van der Waals surface area (Å²) in [7, 11) is 0. The van der Waals surface area contributed by atoms with Gasteiger partial charge in [0.2, 0.25) is 0 Å². The molecular formula is C41H43N3O. The Morgan fingerprint density at radius 3 is 2.11 bits per heavy atom. The molecule has 0 spiro atoms. The summed E-state index contributed by atoms with van der Waals surface area (Å²) in [5, 5.41) is 0. The lowest BCUT2D eigenvalue weighted by Crippen LogP contribution is -2.73. The molecule has 7 rings (SSSR count). The number of fused-ring (bicyclic) bond motifs is 3. The van der Waals surface area contributed by atoms with Gasteiger partial charge in [-0.1, -0.05) is 74.0 Å². The maximum atomic E-state index is 6.92. The predicted molar refractivity (Wildman–Crippen MR) is 190 cm³/mol. The van der Waals surface area contributed by atoms with E-state index in [1.807, 2.05) is 0 Å². The van der Waals surface area contributed by atoms with Gasteiger partial charge in [-0.15, -0.1) is 0 Å². The summed E-state index contributed by atoms with van der Waals surface area (Å²) in [4.78, 5) is 7.29. The number of ether oxygens (including phenoxy) is 1. The van der Waals surface area contributed by atoms with Crippen molar-refractivity contribution in [3.63, 3.8) is 0 Å². The summed E-state index contributed by atoms with van der Waals surface area (Å²) in [5.41, 5.74) is 10.6. The van der Waals surface area contributed by atoms with Crippen molar-refractivity contribution >= 4 is 34.1 Å². The second-order valence-corrected chi connectivity index (χ2v) is 12.9. The van der Waals surface area contributed by atoms with Crippen molar-refractivity contribution in [2.75, 3.05) is 14.7 Å². The standard InChI is InChI=1S/C41H43N3O/c1-7-34(29(3)4)42(30-17-11-9-12-18-30)32-22-24-35-37(27-32)45-38-28-33(23-25-36(38)43(35)31-19-13-10-14-20-31)44-40(5,8-2)39-21-15-16-26-41(39,44)6/h9-14,16-28H,7-8,15H2,1-6H3. The topological polar surface area (TPSA) is 19.0 Å². The lowest BCUT2D eigenvalue weighted by Gasteiger charge is -2.67. The summed E-state index contributed by atoms with van der Waals surface area (Å²) >= 11 is 0. The van der Waals surface area contributed by atoms with Gasteiger partial charge < -0.3 is 19.4 Å². The van der Waals surface area contributed by atoms with E-state index in [2.05, 4.69) is 172 Å². The van der Waals surface area contributed by atoms with Crippen LogP contribution in [0.1, 0.15) is 60.8 Å². The average Bonchev–Trinajstić information content (AvgIpc) is 3.06. The highest BCUT2D eigenvalue weighted by Crippen LogP contribution is 2.58. The average molecular weight is 594 g/mol. The molecule has 228 valence electrons. The molecule has 0 bridgehead atoms. The SMILES string of the molecule is CCC(=C(C)C)N(c1ccccc1)c1ccc2c(c1)Oc1cc(N3C4(C)C=CCC=C4C3(C)CC)ccc1N2c1ccccc1. The van der Waals surface area contributed by atoms with E-state index in [9.17, 15) is 0 Å². The summed E-state index contributed by atoms with van der Waals surface area (Å²) in [6.07, 6.45) is 10.1. The quantitative estimate of drug-likeness (QED) is 0.175. The molecule has 45 heavy (non-hydrogen) atoms. The number of hydrogen-bond acceptors (Lipinski definition) is 4. The molecule has 4 nitrogen and oxygen atoms in total. The minimum atomic E-state index is -0.118. The third kappa shape index (κ3) is 4.49. The zero-order chi connectivity index (χ0) is 31.3. The van der Waals surface area contributed by atoms with E-state index in [1.54, 1.807) is 0 Å². The number of rotatable bonds is 7. The molecule has 2 heterocycles. The summed E-state index contributed by atoms with van der Waals surface area (Å²) in [6.45, 7) is 13.6. The van der Waals surface area contributed by atoms with Crippen LogP contribution in [-0.4, -0.2) is 11.1 Å². The maximum Gasteiger partial charge on any atom is 0.153 e. The van der Waals surface area contributed by atoms with Gasteiger partial charge in [0.15, 0.2) is 11.5 Å². The van der Waals surface area contributed by atoms with E-state index < -0.39 is 0 Å². The zero-order valence-electron chi connectivity index (χ0n) is 27.3. The van der Waals surface area contributed by atoms with Crippen LogP contribution in [0.5, 0.6) is 11.5 Å². The third-order valence-electron chi connectivity index (χ3n) is 9.99. The molecule has 1 fully saturated rings. The van der Waals surface area contributed by atoms with Crippen molar-refractivity contribution in [1.82, 2.24) is 0 Å². The number of allylic oxidation sites excluding steroid dienone is 4. The zero-order valence-corrected chi connectivity index (χ0v) is 27.3. The van der Waals surface area contributed by atoms with E-state index in [0.29, 0.717) is 0 Å². The number of nitrogens with zero attached hydrogens (tertiary/aromatic N) is 3. The van der Waals surface area contributed by atoms with Crippen molar-refractivity contribution in [2.45, 2.75) is 71.9 Å². The molecule has 2 aliphatic heterocycles. The van der Waals surface area contributed by atoms with Crippen LogP contribution < -0.4 is 19.4 Å². The first-order valence-electron chi connectivity index (χ1n) is 16.3. The largest absolute Gasteiger partial charge is 0.453 e. The second kappa shape index (κ2) is 11.0. The van der Waals surface area contributed by atoms with Crippen LogP contribution in [0.3, 0.4) is 0 Å². The molecule has 1 aliphatic carbocycles. The van der Waals surface area contributed by atoms with Gasteiger partial charge in [0, 0.05) is 40.6 Å². The molecular weight excluding hydrogens is 550 g/mol. The van der Waals surface area contributed by atoms with E-state index in [0.717, 1.165) is 59.2 Å². The number of anilines is 6. The molecule has 0 amide bonds. The van der Waals surface area contributed by atoms with E-state index in [4.69, 9.17) is 4.74 Å². The molecule has 0 N–H and O–H groups in total. The summed E-state index contributed by atoms with van der Waals surface area (Å²) < 4.78 is 6.92. The molecule has 2 unspecified atom stereocenters. The van der Waals surface area contributed by atoms with Crippen molar-refractivity contribution in [3.8, 4) is 11.5 Å². The fourth-order valence-corrected chi connectivity index (χ4v) is 7.91. The first-order valence-corrected chi connectivity index (χ1v) is 16.3. The van der Waals surface area contributed by atoms with Crippen molar-refractivity contribution in [2.24, 2.45) is 0 Å². The van der Waals surface area contributed by atoms with Crippen LogP contribution >= 0.6 is 0 Å². The van der Waals surface area contributed by atoms with Gasteiger partial charge in [-0.2, -0.15) is 0 Å². The molecule has 1 saturated heterocycles. The van der Waals surface area contributed by atoms with Crippen LogP contribution in [-0.2, 0) is 0 Å². The van der Waals surface area contributed by atoms with Gasteiger partial charge >= 0.3 is 0 Å². The van der Waals surface area contributed by atoms with Crippen LogP contribution in [0.25, 0.3) is 0 Å². The normalized spacial score (nSPS) is 21.1. The smallest absolute Gasteiger partial charge is 0.153 e. The fourth-order valence-electron chi connectivity index (χ4n) is 7.91. The number of hydrogen-bond donors (Lipinski definition) is 0. The molecule has 4 aromatic rings. The summed E-state index contributed by atoms with van der Waals surface area (Å²) in [6, 6.07) is 34.6. The monoisotopic (exact) mass is 593 g/mol. The lowest BCUT2D eigenvalue weighted by molar-refractivity contribution is 0.277. The van der Waals surface area contributed by atoms with Crippen molar-refractivity contribution in [1.29, 1.82) is 0 Å². The highest BCUT2D eigenvalue weighted by molar-refractivity contribution is 5.89. The van der Waals surface area contributed by atoms with Gasteiger partial charge in [-0.3, -0.25) is 0 Å². The van der Waals surface area contributed by atoms with Gasteiger partial charge in [0.25, 0.3) is 0 Å². The van der Waals surface area contributed by atoms with Crippen LogP contribution in [0, 0.1) is 0 Å². The minimum Gasteiger partial charge on any atom is -0.453 e. The Morgan fingerprint density at radius 1 is 0.778 bits per heavy atom. The number of para-hydroxylation sites is 2. The van der Waals surface area contributed by atoms with Crippen molar-refractivity contribution in [3.05, 3.63) is 132 Å². The minimum absolute atomic E-state index is 0.0241. The van der Waals surface area contributed by atoms with E-state index >= 15 is 0 Å². The first kappa shape index (κ1) is 29.0. The van der Waals surface area contributed by atoms with Gasteiger partial charge in [-0.05, 0) is 101 Å². The van der Waals surface area contributed by atoms with E-state index in [1.165, 1.54) is 22.5 Å². The Balaban J connectivity index is 1.37. The molecule has 0 aromatic heterocycles. The van der Waals surface area contributed by atoms with Crippen molar-refractivity contribution < 1.29 is 4.74 Å². The van der Waals surface area contributed by atoms with E-state index in [-0.39, 0.29) is 11.1 Å². The Labute approximate surface area is 268 Å². The highest BCUT2D eigenvalue weighted by Gasteiger charge is 2.59. The van der Waals surface area contributed by atoms with Gasteiger partial charge in [-0.25, -0.2) is 0 Å². The van der Waals surface area contributed by atoms with Gasteiger partial charge in [0.05, 0.1) is 22.5 Å². The number of benzene rings is 4. The Morgan fingerprint density at radius 2 is 1.44 bits per heavy atom. The van der Waals surface area contributed by atoms with Crippen LogP contribution in [0.4, 0.5) is 34.1 Å². The second-order valence-electron chi connectivity index (χ2n) is 12.9. The van der Waals surface area contributed by atoms with Gasteiger partial charge in [0.1, 0.15) is 0 Å². The van der Waals surface area contributed by atoms with Crippen LogP contribution in [0.2, 0.25) is 0 Å². The molecule has 0 saturated carbocycles. The third-order valence-corrected chi connectivity index (χ3v) is 9.99. The Bertz CT molecular complexity index is 1840. The molecule has 4 aromatic carbocycles. The lowest BCUT2D eigenvalue weighted by atomic mass is 9.62. The predicted octanol–water partition coefficient (Wildman–Crippen LogP) is 11.7.